The van der Waals surface area contributed by atoms with Gasteiger partial charge >= 0.3 is 0 Å². The fourth-order valence-corrected chi connectivity index (χ4v) is 2.80. The van der Waals surface area contributed by atoms with Gasteiger partial charge in [0.25, 0.3) is 0 Å². The molecule has 0 spiro atoms. The molecule has 1 amide bonds. The van der Waals surface area contributed by atoms with Crippen LogP contribution in [0.4, 0.5) is 0 Å². The van der Waals surface area contributed by atoms with Gasteiger partial charge in [0.1, 0.15) is 0 Å². The zero-order valence-corrected chi connectivity index (χ0v) is 11.6. The minimum atomic E-state index is -0.143. The Hall–Kier alpha value is -0.570. The Morgan fingerprint density at radius 3 is 2.53 bits per heavy atom. The predicted octanol–water partition coefficient (Wildman–Crippen LogP) is 2.46. The maximum absolute atomic E-state index is 12.5. The lowest BCUT2D eigenvalue weighted by Gasteiger charge is -2.37. The lowest BCUT2D eigenvalue weighted by Crippen LogP contribution is -2.52. The number of carbonyl (C=O) groups excluding carboxylic acids is 1. The minimum Gasteiger partial charge on any atom is -0.353 e. The first-order valence-electron chi connectivity index (χ1n) is 7.20. The zero-order chi connectivity index (χ0) is 12.7. The van der Waals surface area contributed by atoms with Crippen molar-refractivity contribution in [3.63, 3.8) is 0 Å². The van der Waals surface area contributed by atoms with Crippen LogP contribution in [0.2, 0.25) is 0 Å². The van der Waals surface area contributed by atoms with Gasteiger partial charge in [-0.15, -0.1) is 0 Å². The molecule has 17 heavy (non-hydrogen) atoms. The Kier molecular flexibility index (Phi) is 5.96. The molecule has 0 aromatic carbocycles. The summed E-state index contributed by atoms with van der Waals surface area (Å²) < 4.78 is 0. The third-order valence-corrected chi connectivity index (χ3v) is 4.00. The number of nitrogens with one attached hydrogen (secondary N) is 2. The SMILES string of the molecule is CCCC1(C(=O)NC(CC)CC)CCCNC1. The topological polar surface area (TPSA) is 41.1 Å². The second-order valence-corrected chi connectivity index (χ2v) is 5.30. The third kappa shape index (κ3) is 3.70. The van der Waals surface area contributed by atoms with E-state index in [0.717, 1.165) is 51.6 Å². The number of rotatable bonds is 6. The van der Waals surface area contributed by atoms with E-state index in [4.69, 9.17) is 0 Å². The smallest absolute Gasteiger partial charge is 0.227 e. The second-order valence-electron chi connectivity index (χ2n) is 5.30. The fraction of sp³-hybridized carbons (Fsp3) is 0.929. The summed E-state index contributed by atoms with van der Waals surface area (Å²) in [4.78, 5) is 12.5. The van der Waals surface area contributed by atoms with Crippen molar-refractivity contribution in [1.82, 2.24) is 10.6 Å². The quantitative estimate of drug-likeness (QED) is 0.749. The molecule has 1 unspecified atom stereocenters. The van der Waals surface area contributed by atoms with E-state index >= 15 is 0 Å². The fourth-order valence-electron chi connectivity index (χ4n) is 2.80. The first-order valence-corrected chi connectivity index (χ1v) is 7.20. The van der Waals surface area contributed by atoms with Gasteiger partial charge < -0.3 is 10.6 Å². The largest absolute Gasteiger partial charge is 0.353 e. The molecule has 0 radical (unpaired) electrons. The van der Waals surface area contributed by atoms with Gasteiger partial charge in [-0.1, -0.05) is 27.2 Å². The monoisotopic (exact) mass is 240 g/mol. The summed E-state index contributed by atoms with van der Waals surface area (Å²) >= 11 is 0. The van der Waals surface area contributed by atoms with Crippen molar-refractivity contribution in [1.29, 1.82) is 0 Å². The van der Waals surface area contributed by atoms with Gasteiger partial charge in [0.05, 0.1) is 5.41 Å². The first-order chi connectivity index (χ1) is 8.18. The van der Waals surface area contributed by atoms with Gasteiger partial charge in [-0.05, 0) is 38.6 Å². The van der Waals surface area contributed by atoms with Crippen LogP contribution in [0.15, 0.2) is 0 Å². The van der Waals surface area contributed by atoms with Crippen LogP contribution in [0.25, 0.3) is 0 Å². The van der Waals surface area contributed by atoms with Crippen molar-refractivity contribution >= 4 is 5.91 Å². The van der Waals surface area contributed by atoms with Crippen molar-refractivity contribution in [2.75, 3.05) is 13.1 Å². The van der Waals surface area contributed by atoms with Gasteiger partial charge in [-0.25, -0.2) is 0 Å². The number of amides is 1. The van der Waals surface area contributed by atoms with Crippen molar-refractivity contribution in [2.45, 2.75) is 65.3 Å². The molecule has 100 valence electrons. The Labute approximate surface area is 106 Å². The molecule has 1 atom stereocenters. The molecule has 0 aromatic rings. The molecule has 0 aromatic heterocycles. The average Bonchev–Trinajstić information content (AvgIpc) is 2.37. The number of piperidine rings is 1. The van der Waals surface area contributed by atoms with Crippen LogP contribution in [0.3, 0.4) is 0 Å². The van der Waals surface area contributed by atoms with E-state index in [1.54, 1.807) is 0 Å². The molecule has 1 saturated heterocycles. The standard InChI is InChI=1S/C14H28N2O/c1-4-8-14(9-7-10-15-11-14)13(17)16-12(5-2)6-3/h12,15H,4-11H2,1-3H3,(H,16,17). The van der Waals surface area contributed by atoms with Gasteiger partial charge in [0.15, 0.2) is 0 Å². The van der Waals surface area contributed by atoms with Gasteiger partial charge in [0.2, 0.25) is 5.91 Å². The Bertz CT molecular complexity index is 225. The van der Waals surface area contributed by atoms with E-state index in [2.05, 4.69) is 31.4 Å². The minimum absolute atomic E-state index is 0.143. The van der Waals surface area contributed by atoms with E-state index < -0.39 is 0 Å². The molecule has 0 saturated carbocycles. The molecule has 1 heterocycles. The van der Waals surface area contributed by atoms with Crippen LogP contribution in [0.1, 0.15) is 59.3 Å². The molecular weight excluding hydrogens is 212 g/mol. The molecule has 1 aliphatic heterocycles. The maximum Gasteiger partial charge on any atom is 0.227 e. The molecule has 3 heteroatoms. The highest BCUT2D eigenvalue weighted by molar-refractivity contribution is 5.83. The highest BCUT2D eigenvalue weighted by Gasteiger charge is 2.38. The molecular formula is C14H28N2O. The summed E-state index contributed by atoms with van der Waals surface area (Å²) in [6.45, 7) is 8.36. The van der Waals surface area contributed by atoms with Crippen LogP contribution in [-0.2, 0) is 4.79 Å². The molecule has 1 rings (SSSR count). The summed E-state index contributed by atoms with van der Waals surface area (Å²) in [5.41, 5.74) is -0.143. The summed E-state index contributed by atoms with van der Waals surface area (Å²) in [6.07, 6.45) is 6.30. The molecule has 1 fully saturated rings. The average molecular weight is 240 g/mol. The van der Waals surface area contributed by atoms with Crippen LogP contribution in [-0.4, -0.2) is 25.0 Å². The van der Waals surface area contributed by atoms with E-state index in [0.29, 0.717) is 6.04 Å². The Balaban J connectivity index is 2.65. The van der Waals surface area contributed by atoms with Crippen molar-refractivity contribution in [2.24, 2.45) is 5.41 Å². The van der Waals surface area contributed by atoms with Crippen LogP contribution >= 0.6 is 0 Å². The highest BCUT2D eigenvalue weighted by atomic mass is 16.2. The zero-order valence-electron chi connectivity index (χ0n) is 11.6. The summed E-state index contributed by atoms with van der Waals surface area (Å²) in [7, 11) is 0. The van der Waals surface area contributed by atoms with Crippen molar-refractivity contribution in [3.05, 3.63) is 0 Å². The predicted molar refractivity (Wildman–Crippen MR) is 72.0 cm³/mol. The van der Waals surface area contributed by atoms with E-state index in [1.165, 1.54) is 0 Å². The molecule has 0 aliphatic carbocycles. The van der Waals surface area contributed by atoms with E-state index in [1.807, 2.05) is 0 Å². The van der Waals surface area contributed by atoms with Crippen molar-refractivity contribution in [3.8, 4) is 0 Å². The molecule has 0 bridgehead atoms. The number of carbonyl (C=O) groups is 1. The lowest BCUT2D eigenvalue weighted by molar-refractivity contribution is -0.133. The first kappa shape index (κ1) is 14.5. The summed E-state index contributed by atoms with van der Waals surface area (Å²) in [5, 5.41) is 6.62. The second kappa shape index (κ2) is 7.00. The molecule has 2 N–H and O–H groups in total. The number of hydrogen-bond donors (Lipinski definition) is 2. The van der Waals surface area contributed by atoms with Crippen LogP contribution in [0.5, 0.6) is 0 Å². The summed E-state index contributed by atoms with van der Waals surface area (Å²) in [5.74, 6) is 0.278. The third-order valence-electron chi connectivity index (χ3n) is 4.00. The van der Waals surface area contributed by atoms with Gasteiger partial charge in [-0.3, -0.25) is 4.79 Å². The van der Waals surface area contributed by atoms with Crippen LogP contribution < -0.4 is 10.6 Å². The lowest BCUT2D eigenvalue weighted by atomic mass is 9.76. The Morgan fingerprint density at radius 1 is 1.35 bits per heavy atom. The summed E-state index contributed by atoms with van der Waals surface area (Å²) in [6, 6.07) is 0.346. The molecule has 1 aliphatic rings. The normalized spacial score (nSPS) is 24.9. The highest BCUT2D eigenvalue weighted by Crippen LogP contribution is 2.32. The molecule has 3 nitrogen and oxygen atoms in total. The van der Waals surface area contributed by atoms with E-state index in [-0.39, 0.29) is 11.3 Å². The van der Waals surface area contributed by atoms with E-state index in [9.17, 15) is 4.79 Å². The van der Waals surface area contributed by atoms with Gasteiger partial charge in [-0.2, -0.15) is 0 Å². The Morgan fingerprint density at radius 2 is 2.06 bits per heavy atom. The maximum atomic E-state index is 12.5. The van der Waals surface area contributed by atoms with Gasteiger partial charge in [0, 0.05) is 12.6 Å². The van der Waals surface area contributed by atoms with Crippen molar-refractivity contribution < 1.29 is 4.79 Å². The number of hydrogen-bond acceptors (Lipinski definition) is 2. The van der Waals surface area contributed by atoms with Crippen LogP contribution in [0, 0.1) is 5.41 Å².